The van der Waals surface area contributed by atoms with E-state index in [-0.39, 0.29) is 36.6 Å². The zero-order chi connectivity index (χ0) is 17.1. The normalized spacial score (nSPS) is 45.4. The molecule has 23 heavy (non-hydrogen) atoms. The molecular formula is C17H32O6. The quantitative estimate of drug-likeness (QED) is 0.827. The van der Waals surface area contributed by atoms with Crippen LogP contribution in [0.15, 0.2) is 0 Å². The Morgan fingerprint density at radius 3 is 2.17 bits per heavy atom. The van der Waals surface area contributed by atoms with Crippen LogP contribution in [0.1, 0.15) is 40.5 Å². The Morgan fingerprint density at radius 2 is 1.61 bits per heavy atom. The van der Waals surface area contributed by atoms with Crippen LogP contribution in [0.25, 0.3) is 0 Å². The molecule has 0 spiro atoms. The van der Waals surface area contributed by atoms with Gasteiger partial charge < -0.3 is 28.8 Å². The first kappa shape index (κ1) is 19.1. The Balaban J connectivity index is 2.00. The van der Waals surface area contributed by atoms with Gasteiger partial charge in [0.25, 0.3) is 0 Å². The van der Waals surface area contributed by atoms with Crippen molar-refractivity contribution in [2.24, 2.45) is 5.92 Å². The highest BCUT2D eigenvalue weighted by Gasteiger charge is 2.43. The lowest BCUT2D eigenvalue weighted by atomic mass is 9.92. The molecule has 2 rings (SSSR count). The summed E-state index contributed by atoms with van der Waals surface area (Å²) in [5.41, 5.74) is 0. The van der Waals surface area contributed by atoms with E-state index in [9.17, 15) is 5.11 Å². The molecule has 0 saturated carbocycles. The van der Waals surface area contributed by atoms with E-state index < -0.39 is 12.4 Å². The minimum Gasteiger partial charge on any atom is -0.388 e. The van der Waals surface area contributed by atoms with E-state index in [0.29, 0.717) is 12.3 Å². The van der Waals surface area contributed by atoms with E-state index in [1.807, 2.05) is 13.8 Å². The van der Waals surface area contributed by atoms with Crippen LogP contribution in [0.5, 0.6) is 0 Å². The Hall–Kier alpha value is -0.240. The topological polar surface area (TPSA) is 66.4 Å². The zero-order valence-electron chi connectivity index (χ0n) is 15.1. The molecule has 6 nitrogen and oxygen atoms in total. The minimum atomic E-state index is -0.636. The van der Waals surface area contributed by atoms with E-state index in [0.717, 1.165) is 6.42 Å². The van der Waals surface area contributed by atoms with Gasteiger partial charge in [-0.3, -0.25) is 0 Å². The first-order valence-corrected chi connectivity index (χ1v) is 8.57. The third-order valence-electron chi connectivity index (χ3n) is 4.99. The van der Waals surface area contributed by atoms with Crippen molar-refractivity contribution in [1.82, 2.24) is 0 Å². The number of hydrogen-bond donors (Lipinski definition) is 1. The van der Waals surface area contributed by atoms with Crippen molar-refractivity contribution in [2.75, 3.05) is 14.2 Å². The molecule has 6 heteroatoms. The average molecular weight is 332 g/mol. The largest absolute Gasteiger partial charge is 0.388 e. The second kappa shape index (κ2) is 8.23. The van der Waals surface area contributed by atoms with Gasteiger partial charge >= 0.3 is 0 Å². The minimum absolute atomic E-state index is 0.0297. The number of ether oxygens (including phenoxy) is 5. The lowest BCUT2D eigenvalue weighted by Crippen LogP contribution is -2.55. The Labute approximate surface area is 139 Å². The fourth-order valence-electron chi connectivity index (χ4n) is 3.44. The lowest BCUT2D eigenvalue weighted by Gasteiger charge is -2.44. The van der Waals surface area contributed by atoms with Gasteiger partial charge in [-0.15, -0.1) is 0 Å². The van der Waals surface area contributed by atoms with E-state index in [4.69, 9.17) is 23.7 Å². The SMILES string of the molecule is CO[C@H]1C[C@H](O[C@H]2[C@H](C)O[C@@H](C(C)C)C[C@@H]2OC)O[C@@H](C)[C@@H]1O. The first-order chi connectivity index (χ1) is 10.9. The maximum atomic E-state index is 10.1. The van der Waals surface area contributed by atoms with Crippen LogP contribution in [-0.4, -0.2) is 68.3 Å². The van der Waals surface area contributed by atoms with E-state index in [1.165, 1.54) is 0 Å². The molecule has 2 heterocycles. The summed E-state index contributed by atoms with van der Waals surface area (Å²) in [5.74, 6) is 0.440. The van der Waals surface area contributed by atoms with Crippen molar-refractivity contribution in [3.05, 3.63) is 0 Å². The number of rotatable bonds is 5. The molecule has 1 N–H and O–H groups in total. The zero-order valence-corrected chi connectivity index (χ0v) is 15.1. The maximum absolute atomic E-state index is 10.1. The second-order valence-corrected chi connectivity index (χ2v) is 7.01. The van der Waals surface area contributed by atoms with Gasteiger partial charge in [-0.25, -0.2) is 0 Å². The van der Waals surface area contributed by atoms with Crippen molar-refractivity contribution < 1.29 is 28.8 Å². The summed E-state index contributed by atoms with van der Waals surface area (Å²) < 4.78 is 29.0. The van der Waals surface area contributed by atoms with Gasteiger partial charge in [0.2, 0.25) is 0 Å². The predicted molar refractivity (Wildman–Crippen MR) is 85.2 cm³/mol. The third-order valence-corrected chi connectivity index (χ3v) is 4.99. The van der Waals surface area contributed by atoms with Gasteiger partial charge in [0.1, 0.15) is 12.2 Å². The first-order valence-electron chi connectivity index (χ1n) is 8.57. The van der Waals surface area contributed by atoms with Gasteiger partial charge in [-0.1, -0.05) is 13.8 Å². The molecule has 0 aromatic carbocycles. The number of aliphatic hydroxyl groups excluding tert-OH is 1. The molecule has 2 saturated heterocycles. The summed E-state index contributed by atoms with van der Waals surface area (Å²) >= 11 is 0. The van der Waals surface area contributed by atoms with Gasteiger partial charge in [-0.2, -0.15) is 0 Å². The molecule has 0 aromatic rings. The van der Waals surface area contributed by atoms with Gasteiger partial charge in [0.05, 0.1) is 30.5 Å². The number of aliphatic hydroxyl groups is 1. The monoisotopic (exact) mass is 332 g/mol. The highest BCUT2D eigenvalue weighted by Crippen LogP contribution is 2.31. The summed E-state index contributed by atoms with van der Waals surface area (Å²) in [5, 5.41) is 10.1. The van der Waals surface area contributed by atoms with E-state index in [1.54, 1.807) is 14.2 Å². The van der Waals surface area contributed by atoms with Crippen LogP contribution in [0.3, 0.4) is 0 Å². The molecule has 2 aliphatic rings. The Kier molecular flexibility index (Phi) is 6.83. The fourth-order valence-corrected chi connectivity index (χ4v) is 3.44. The van der Waals surface area contributed by atoms with Crippen molar-refractivity contribution in [3.63, 3.8) is 0 Å². The molecule has 136 valence electrons. The highest BCUT2D eigenvalue weighted by atomic mass is 16.7. The van der Waals surface area contributed by atoms with Gasteiger partial charge in [0, 0.05) is 27.1 Å². The lowest BCUT2D eigenvalue weighted by molar-refractivity contribution is -0.298. The van der Waals surface area contributed by atoms with Crippen LogP contribution < -0.4 is 0 Å². The second-order valence-electron chi connectivity index (χ2n) is 7.01. The Morgan fingerprint density at radius 1 is 0.957 bits per heavy atom. The molecule has 0 amide bonds. The number of methoxy groups -OCH3 is 2. The average Bonchev–Trinajstić information content (AvgIpc) is 2.51. The summed E-state index contributed by atoms with van der Waals surface area (Å²) in [6.07, 6.45) is -0.501. The van der Waals surface area contributed by atoms with Crippen LogP contribution in [0, 0.1) is 5.92 Å². The van der Waals surface area contributed by atoms with Crippen LogP contribution >= 0.6 is 0 Å². The van der Waals surface area contributed by atoms with E-state index >= 15 is 0 Å². The molecule has 0 aromatic heterocycles. The van der Waals surface area contributed by atoms with Crippen LogP contribution in [-0.2, 0) is 23.7 Å². The molecule has 8 atom stereocenters. The Bertz CT molecular complexity index is 363. The van der Waals surface area contributed by atoms with E-state index in [2.05, 4.69) is 13.8 Å². The highest BCUT2D eigenvalue weighted by molar-refractivity contribution is 4.88. The summed E-state index contributed by atoms with van der Waals surface area (Å²) in [6.45, 7) is 8.15. The summed E-state index contributed by atoms with van der Waals surface area (Å²) in [7, 11) is 3.31. The molecule has 2 fully saturated rings. The van der Waals surface area contributed by atoms with Gasteiger partial charge in [-0.05, 0) is 19.8 Å². The van der Waals surface area contributed by atoms with Crippen molar-refractivity contribution >= 4 is 0 Å². The molecule has 0 bridgehead atoms. The third kappa shape index (κ3) is 4.44. The standard InChI is InChI=1S/C17H32O6/c1-9(2)12-7-14(20-6)17(11(4)21-12)23-15-8-13(19-5)16(18)10(3)22-15/h9-18H,7-8H2,1-6H3/t10-,11-,12+,13-,14-,15-,16-,17-/m0/s1. The number of hydrogen-bond acceptors (Lipinski definition) is 6. The van der Waals surface area contributed by atoms with Crippen molar-refractivity contribution in [2.45, 2.75) is 89.6 Å². The van der Waals surface area contributed by atoms with Crippen LogP contribution in [0.2, 0.25) is 0 Å². The van der Waals surface area contributed by atoms with Crippen molar-refractivity contribution in [1.29, 1.82) is 0 Å². The maximum Gasteiger partial charge on any atom is 0.161 e. The molecule has 0 radical (unpaired) electrons. The predicted octanol–water partition coefficient (Wildman–Crippen LogP) is 1.73. The molecule has 0 aliphatic carbocycles. The van der Waals surface area contributed by atoms with Crippen molar-refractivity contribution in [3.8, 4) is 0 Å². The summed E-state index contributed by atoms with van der Waals surface area (Å²) in [4.78, 5) is 0. The molecular weight excluding hydrogens is 300 g/mol. The van der Waals surface area contributed by atoms with Crippen LogP contribution in [0.4, 0.5) is 0 Å². The fraction of sp³-hybridized carbons (Fsp3) is 1.00. The van der Waals surface area contributed by atoms with Gasteiger partial charge in [0.15, 0.2) is 6.29 Å². The summed E-state index contributed by atoms with van der Waals surface area (Å²) in [6, 6.07) is 0. The smallest absolute Gasteiger partial charge is 0.161 e. The molecule has 0 unspecified atom stereocenters. The molecule has 2 aliphatic heterocycles.